The largest absolute Gasteiger partial charge is 0.330 e. The summed E-state index contributed by atoms with van der Waals surface area (Å²) in [6.45, 7) is 0.669. The molecule has 2 aromatic heterocycles. The topological polar surface area (TPSA) is 81.7 Å². The highest BCUT2D eigenvalue weighted by Crippen LogP contribution is 2.22. The zero-order valence-electron chi connectivity index (χ0n) is 9.85. The van der Waals surface area contributed by atoms with Crippen molar-refractivity contribution in [3.8, 4) is 11.3 Å². The van der Waals surface area contributed by atoms with Crippen LogP contribution in [0.25, 0.3) is 22.4 Å². The summed E-state index contributed by atoms with van der Waals surface area (Å²) in [4.78, 5) is 14.7. The Bertz CT molecular complexity index is 656. The van der Waals surface area contributed by atoms with Gasteiger partial charge in [0.1, 0.15) is 0 Å². The van der Waals surface area contributed by atoms with E-state index in [1.165, 1.54) is 5.56 Å². The molecule has 2 heterocycles. The summed E-state index contributed by atoms with van der Waals surface area (Å²) in [5.74, 6) is 0. The van der Waals surface area contributed by atoms with Gasteiger partial charge in [-0.1, -0.05) is 29.2 Å². The Morgan fingerprint density at radius 2 is 2.00 bits per heavy atom. The van der Waals surface area contributed by atoms with E-state index < -0.39 is 0 Å². The Kier molecular flexibility index (Phi) is 2.74. The van der Waals surface area contributed by atoms with Gasteiger partial charge in [-0.3, -0.25) is 0 Å². The van der Waals surface area contributed by atoms with Gasteiger partial charge < -0.3 is 10.7 Å². The molecule has 4 N–H and O–H groups in total. The number of hydrogen-bond donors (Lipinski definition) is 2. The molecule has 90 valence electrons. The third-order valence-corrected chi connectivity index (χ3v) is 2.93. The number of H-pyrrole nitrogens is 2. The van der Waals surface area contributed by atoms with Crippen LogP contribution in [0, 0.1) is 0 Å². The molecule has 1 aromatic carbocycles. The van der Waals surface area contributed by atoms with E-state index in [-0.39, 0.29) is 0 Å². The number of rotatable bonds is 3. The second kappa shape index (κ2) is 4.54. The van der Waals surface area contributed by atoms with E-state index in [1.54, 1.807) is 12.7 Å². The fraction of sp³-hybridized carbons (Fsp3) is 0.154. The highest BCUT2D eigenvalue weighted by molar-refractivity contribution is 5.84. The smallest absolute Gasteiger partial charge is 0.289 e. The minimum absolute atomic E-state index is 0.669. The maximum atomic E-state index is 5.54. The Balaban J connectivity index is 2.06. The average Bonchev–Trinajstić information content (AvgIpc) is 2.88. The van der Waals surface area contributed by atoms with Crippen LogP contribution >= 0.6 is 0 Å². The second-order valence-corrected chi connectivity index (χ2v) is 4.11. The normalized spacial score (nSPS) is 10.9. The number of nitrogens with zero attached hydrogens (tertiary/aromatic N) is 2. The van der Waals surface area contributed by atoms with Gasteiger partial charge in [0.15, 0.2) is 17.5 Å². The Hall–Kier alpha value is -2.27. The Labute approximate surface area is 104 Å². The monoisotopic (exact) mass is 240 g/mol. The van der Waals surface area contributed by atoms with Gasteiger partial charge in [-0.2, -0.15) is 0 Å². The summed E-state index contributed by atoms with van der Waals surface area (Å²) in [5, 5.41) is 0. The molecule has 0 fully saturated rings. The third-order valence-electron chi connectivity index (χ3n) is 2.93. The minimum Gasteiger partial charge on any atom is -0.330 e. The SMILES string of the molecule is NCCc1ccc(-c2nc[nH+]c3nc[nH]c23)cc1. The van der Waals surface area contributed by atoms with E-state index in [9.17, 15) is 0 Å². The predicted molar refractivity (Wildman–Crippen MR) is 68.6 cm³/mol. The molecule has 0 saturated heterocycles. The molecule has 3 rings (SSSR count). The lowest BCUT2D eigenvalue weighted by molar-refractivity contribution is -0.352. The standard InChI is InChI=1S/C13H13N5/c14-6-5-9-1-3-10(4-2-9)11-12-13(17-7-15-11)18-8-16-12/h1-4,7-8H,5-6,14H2,(H,15,16,17,18)/p+1. The van der Waals surface area contributed by atoms with E-state index in [1.807, 2.05) is 0 Å². The molecule has 0 atom stereocenters. The van der Waals surface area contributed by atoms with Crippen molar-refractivity contribution in [3.63, 3.8) is 0 Å². The zero-order valence-corrected chi connectivity index (χ0v) is 9.85. The summed E-state index contributed by atoms with van der Waals surface area (Å²) < 4.78 is 0. The molecule has 5 heteroatoms. The van der Waals surface area contributed by atoms with Crippen LogP contribution in [0.15, 0.2) is 36.9 Å². The maximum Gasteiger partial charge on any atom is 0.289 e. The zero-order chi connectivity index (χ0) is 12.4. The number of aromatic nitrogens is 4. The number of imidazole rings is 1. The third kappa shape index (κ3) is 1.84. The lowest BCUT2D eigenvalue weighted by atomic mass is 10.1. The molecular weight excluding hydrogens is 226 g/mol. The summed E-state index contributed by atoms with van der Waals surface area (Å²) in [7, 11) is 0. The van der Waals surface area contributed by atoms with Crippen LogP contribution in [0.4, 0.5) is 0 Å². The van der Waals surface area contributed by atoms with Gasteiger partial charge in [0.25, 0.3) is 5.65 Å². The van der Waals surface area contributed by atoms with Gasteiger partial charge in [-0.05, 0) is 18.5 Å². The van der Waals surface area contributed by atoms with Crippen molar-refractivity contribution < 1.29 is 4.98 Å². The van der Waals surface area contributed by atoms with E-state index in [4.69, 9.17) is 5.73 Å². The van der Waals surface area contributed by atoms with Crippen molar-refractivity contribution >= 4 is 11.2 Å². The minimum atomic E-state index is 0.669. The molecule has 0 amide bonds. The lowest BCUT2D eigenvalue weighted by Crippen LogP contribution is -2.05. The first-order valence-corrected chi connectivity index (χ1v) is 5.87. The molecule has 0 bridgehead atoms. The number of aromatic amines is 2. The number of benzene rings is 1. The van der Waals surface area contributed by atoms with Gasteiger partial charge in [-0.15, -0.1) is 4.98 Å². The molecule has 0 unspecified atom stereocenters. The van der Waals surface area contributed by atoms with Crippen LogP contribution in [-0.2, 0) is 6.42 Å². The van der Waals surface area contributed by atoms with Crippen LogP contribution in [0.2, 0.25) is 0 Å². The van der Waals surface area contributed by atoms with Gasteiger partial charge in [0.2, 0.25) is 6.33 Å². The number of fused-ring (bicyclic) bond motifs is 1. The molecule has 3 aromatic rings. The highest BCUT2D eigenvalue weighted by atomic mass is 15.0. The van der Waals surface area contributed by atoms with Crippen LogP contribution < -0.4 is 10.7 Å². The van der Waals surface area contributed by atoms with Crippen LogP contribution in [-0.4, -0.2) is 21.5 Å². The van der Waals surface area contributed by atoms with Gasteiger partial charge in [0, 0.05) is 5.56 Å². The van der Waals surface area contributed by atoms with Crippen LogP contribution in [0.5, 0.6) is 0 Å². The summed E-state index contributed by atoms with van der Waals surface area (Å²) >= 11 is 0. The quantitative estimate of drug-likeness (QED) is 0.714. The molecule has 0 aliphatic heterocycles. The Morgan fingerprint density at radius 1 is 1.17 bits per heavy atom. The molecule has 0 aliphatic rings. The van der Waals surface area contributed by atoms with Crippen molar-refractivity contribution in [2.75, 3.05) is 6.54 Å². The van der Waals surface area contributed by atoms with E-state index in [2.05, 4.69) is 44.2 Å². The molecule has 18 heavy (non-hydrogen) atoms. The number of nitrogens with two attached hydrogens (primary N) is 1. The molecule has 5 nitrogen and oxygen atoms in total. The first kappa shape index (κ1) is 10.9. The van der Waals surface area contributed by atoms with Crippen LogP contribution in [0.1, 0.15) is 5.56 Å². The van der Waals surface area contributed by atoms with Crippen molar-refractivity contribution in [1.29, 1.82) is 0 Å². The molecule has 0 saturated carbocycles. The summed E-state index contributed by atoms with van der Waals surface area (Å²) in [5.41, 5.74) is 10.5. The summed E-state index contributed by atoms with van der Waals surface area (Å²) in [6, 6.07) is 8.30. The molecule has 0 radical (unpaired) electrons. The molecular formula is C13H14N5+. The average molecular weight is 240 g/mol. The fourth-order valence-electron chi connectivity index (χ4n) is 2.02. The van der Waals surface area contributed by atoms with Gasteiger partial charge in [-0.25, -0.2) is 4.98 Å². The van der Waals surface area contributed by atoms with Gasteiger partial charge in [0.05, 0.1) is 0 Å². The molecule has 0 aliphatic carbocycles. The van der Waals surface area contributed by atoms with Crippen molar-refractivity contribution in [3.05, 3.63) is 42.5 Å². The summed E-state index contributed by atoms with van der Waals surface area (Å²) in [6.07, 6.45) is 4.22. The molecule has 0 spiro atoms. The van der Waals surface area contributed by atoms with Crippen molar-refractivity contribution in [2.45, 2.75) is 6.42 Å². The predicted octanol–water partition coefficient (Wildman–Crippen LogP) is 0.940. The Morgan fingerprint density at radius 3 is 2.78 bits per heavy atom. The highest BCUT2D eigenvalue weighted by Gasteiger charge is 2.13. The lowest BCUT2D eigenvalue weighted by Gasteiger charge is -2.01. The van der Waals surface area contributed by atoms with E-state index >= 15 is 0 Å². The second-order valence-electron chi connectivity index (χ2n) is 4.11. The maximum absolute atomic E-state index is 5.54. The first-order chi connectivity index (χ1) is 8.88. The number of hydrogen-bond acceptors (Lipinski definition) is 3. The first-order valence-electron chi connectivity index (χ1n) is 5.87. The van der Waals surface area contributed by atoms with Crippen molar-refractivity contribution in [1.82, 2.24) is 15.0 Å². The van der Waals surface area contributed by atoms with Crippen LogP contribution in [0.3, 0.4) is 0 Å². The van der Waals surface area contributed by atoms with Crippen molar-refractivity contribution in [2.24, 2.45) is 5.73 Å². The fourth-order valence-corrected chi connectivity index (χ4v) is 2.02. The van der Waals surface area contributed by atoms with E-state index in [0.717, 1.165) is 28.8 Å². The number of nitrogens with one attached hydrogen (secondary N) is 2. The van der Waals surface area contributed by atoms with E-state index in [0.29, 0.717) is 6.54 Å². The van der Waals surface area contributed by atoms with Gasteiger partial charge >= 0.3 is 0 Å².